The highest BCUT2D eigenvalue weighted by atomic mass is 15.2. The number of nitrogens with two attached hydrogens (primary N) is 1. The summed E-state index contributed by atoms with van der Waals surface area (Å²) in [5.74, 6) is 0.528. The summed E-state index contributed by atoms with van der Waals surface area (Å²) in [6, 6.07) is 8.39. The molecule has 2 N–H and O–H groups in total. The van der Waals surface area contributed by atoms with Crippen molar-refractivity contribution in [3.8, 4) is 6.07 Å². The molecule has 1 aliphatic carbocycles. The molecule has 1 aromatic heterocycles. The number of benzene rings is 1. The van der Waals surface area contributed by atoms with Gasteiger partial charge in [-0.15, -0.1) is 0 Å². The van der Waals surface area contributed by atoms with Gasteiger partial charge in [-0.3, -0.25) is 0 Å². The van der Waals surface area contributed by atoms with E-state index in [2.05, 4.69) is 23.0 Å². The third-order valence-electron chi connectivity index (χ3n) is 4.53. The molecule has 0 bridgehead atoms. The maximum absolute atomic E-state index is 9.04. The number of fused-ring (bicyclic) bond motifs is 1. The molecule has 0 aliphatic heterocycles. The van der Waals surface area contributed by atoms with Gasteiger partial charge in [-0.2, -0.15) is 5.26 Å². The number of anilines is 1. The Morgan fingerprint density at radius 2 is 2.19 bits per heavy atom. The van der Waals surface area contributed by atoms with Crippen LogP contribution in [0.1, 0.15) is 31.2 Å². The van der Waals surface area contributed by atoms with Crippen LogP contribution in [0.3, 0.4) is 0 Å². The number of nitriles is 1. The molecular weight excluding hydrogens is 262 g/mol. The van der Waals surface area contributed by atoms with Gasteiger partial charge in [-0.25, -0.2) is 4.98 Å². The molecule has 2 aromatic rings. The van der Waals surface area contributed by atoms with Gasteiger partial charge in [0.1, 0.15) is 0 Å². The molecule has 0 spiro atoms. The number of imidazole rings is 1. The molecule has 21 heavy (non-hydrogen) atoms. The van der Waals surface area contributed by atoms with Crippen molar-refractivity contribution in [2.24, 2.45) is 0 Å². The molecule has 1 saturated carbocycles. The van der Waals surface area contributed by atoms with Crippen molar-refractivity contribution in [2.75, 3.05) is 19.3 Å². The summed E-state index contributed by atoms with van der Waals surface area (Å²) in [6.45, 7) is 1.77. The van der Waals surface area contributed by atoms with Gasteiger partial charge in [0, 0.05) is 19.1 Å². The normalized spacial score (nSPS) is 15.9. The van der Waals surface area contributed by atoms with Crippen LogP contribution in [0.15, 0.2) is 18.2 Å². The molecule has 0 unspecified atom stereocenters. The largest absolute Gasteiger partial charge is 0.369 e. The topological polar surface area (TPSA) is 70.9 Å². The molecule has 1 fully saturated rings. The van der Waals surface area contributed by atoms with E-state index in [0.717, 1.165) is 24.1 Å². The Morgan fingerprint density at radius 3 is 2.90 bits per heavy atom. The fraction of sp³-hybridized carbons (Fsp3) is 0.500. The quantitative estimate of drug-likeness (QED) is 0.935. The van der Waals surface area contributed by atoms with E-state index in [9.17, 15) is 0 Å². The van der Waals surface area contributed by atoms with E-state index in [1.807, 2.05) is 16.7 Å². The minimum atomic E-state index is 0.528. The lowest BCUT2D eigenvalue weighted by molar-refractivity contribution is 0.238. The van der Waals surface area contributed by atoms with Crippen LogP contribution in [0.2, 0.25) is 0 Å². The Bertz CT molecular complexity index is 676. The Balaban J connectivity index is 1.79. The predicted octanol–water partition coefficient (Wildman–Crippen LogP) is 2.36. The average Bonchev–Trinajstić information content (AvgIpc) is 3.11. The second-order valence-corrected chi connectivity index (χ2v) is 5.86. The van der Waals surface area contributed by atoms with E-state index in [1.54, 1.807) is 6.07 Å². The van der Waals surface area contributed by atoms with Gasteiger partial charge >= 0.3 is 0 Å². The molecule has 5 heteroatoms. The zero-order chi connectivity index (χ0) is 14.8. The van der Waals surface area contributed by atoms with Crippen LogP contribution in [0.25, 0.3) is 11.0 Å². The second kappa shape index (κ2) is 5.74. The summed E-state index contributed by atoms with van der Waals surface area (Å²) in [6.07, 6.45) is 5.29. The van der Waals surface area contributed by atoms with E-state index >= 15 is 0 Å². The molecule has 1 heterocycles. The highest BCUT2D eigenvalue weighted by molar-refractivity contribution is 5.79. The first-order valence-corrected chi connectivity index (χ1v) is 7.55. The SMILES string of the molecule is CN(CCn1c(N)nc2ccc(C#N)cc21)C1CCCC1. The Labute approximate surface area is 125 Å². The van der Waals surface area contributed by atoms with Crippen molar-refractivity contribution < 1.29 is 0 Å². The summed E-state index contributed by atoms with van der Waals surface area (Å²) < 4.78 is 2.02. The standard InChI is InChI=1S/C16H21N5/c1-20(13-4-2-3-5-13)8-9-21-15-10-12(11-17)6-7-14(15)19-16(21)18/h6-7,10,13H,2-5,8-9H2,1H3,(H2,18,19). The van der Waals surface area contributed by atoms with Crippen molar-refractivity contribution in [3.05, 3.63) is 23.8 Å². The lowest BCUT2D eigenvalue weighted by atomic mass is 10.2. The minimum absolute atomic E-state index is 0.528. The average molecular weight is 283 g/mol. The highest BCUT2D eigenvalue weighted by Gasteiger charge is 2.19. The first kappa shape index (κ1) is 13.9. The molecule has 0 saturated heterocycles. The van der Waals surface area contributed by atoms with Crippen LogP contribution < -0.4 is 5.73 Å². The molecule has 0 radical (unpaired) electrons. The minimum Gasteiger partial charge on any atom is -0.369 e. The smallest absolute Gasteiger partial charge is 0.201 e. The van der Waals surface area contributed by atoms with E-state index in [1.165, 1.54) is 25.7 Å². The third kappa shape index (κ3) is 2.72. The first-order valence-electron chi connectivity index (χ1n) is 7.55. The zero-order valence-corrected chi connectivity index (χ0v) is 12.4. The molecule has 5 nitrogen and oxygen atoms in total. The molecular formula is C16H21N5. The van der Waals surface area contributed by atoms with Crippen LogP contribution >= 0.6 is 0 Å². The maximum Gasteiger partial charge on any atom is 0.201 e. The summed E-state index contributed by atoms with van der Waals surface area (Å²) in [5, 5.41) is 9.04. The Hall–Kier alpha value is -2.06. The van der Waals surface area contributed by atoms with E-state index in [-0.39, 0.29) is 0 Å². The Morgan fingerprint density at radius 1 is 1.43 bits per heavy atom. The second-order valence-electron chi connectivity index (χ2n) is 5.86. The first-order chi connectivity index (χ1) is 10.2. The highest BCUT2D eigenvalue weighted by Crippen LogP contribution is 2.23. The molecule has 0 amide bonds. The number of nitrogen functional groups attached to an aromatic ring is 1. The van der Waals surface area contributed by atoms with Gasteiger partial charge in [0.2, 0.25) is 5.95 Å². The van der Waals surface area contributed by atoms with Gasteiger partial charge in [-0.05, 0) is 38.1 Å². The van der Waals surface area contributed by atoms with E-state index < -0.39 is 0 Å². The maximum atomic E-state index is 9.04. The number of nitrogens with zero attached hydrogens (tertiary/aromatic N) is 4. The molecule has 1 aliphatic rings. The number of aromatic nitrogens is 2. The lowest BCUT2D eigenvalue weighted by Crippen LogP contribution is -2.32. The monoisotopic (exact) mass is 283 g/mol. The van der Waals surface area contributed by atoms with Crippen molar-refractivity contribution in [1.29, 1.82) is 5.26 Å². The van der Waals surface area contributed by atoms with Gasteiger partial charge in [0.25, 0.3) is 0 Å². The predicted molar refractivity (Wildman–Crippen MR) is 83.7 cm³/mol. The van der Waals surface area contributed by atoms with Crippen LogP contribution in [0, 0.1) is 11.3 Å². The van der Waals surface area contributed by atoms with Crippen LogP contribution in [-0.2, 0) is 6.54 Å². The number of rotatable bonds is 4. The number of hydrogen-bond acceptors (Lipinski definition) is 4. The van der Waals surface area contributed by atoms with Crippen molar-refractivity contribution in [2.45, 2.75) is 38.3 Å². The summed E-state index contributed by atoms with van der Waals surface area (Å²) in [7, 11) is 2.19. The summed E-state index contributed by atoms with van der Waals surface area (Å²) in [5.41, 5.74) is 8.49. The summed E-state index contributed by atoms with van der Waals surface area (Å²) >= 11 is 0. The van der Waals surface area contributed by atoms with Crippen molar-refractivity contribution >= 4 is 17.0 Å². The van der Waals surface area contributed by atoms with E-state index in [4.69, 9.17) is 11.0 Å². The third-order valence-corrected chi connectivity index (χ3v) is 4.53. The van der Waals surface area contributed by atoms with Gasteiger partial charge < -0.3 is 15.2 Å². The molecule has 0 atom stereocenters. The molecule has 1 aromatic carbocycles. The van der Waals surface area contributed by atoms with Crippen LogP contribution in [0.5, 0.6) is 0 Å². The van der Waals surface area contributed by atoms with Gasteiger partial charge in [0.05, 0.1) is 22.7 Å². The van der Waals surface area contributed by atoms with E-state index in [0.29, 0.717) is 17.6 Å². The lowest BCUT2D eigenvalue weighted by Gasteiger charge is -2.24. The van der Waals surface area contributed by atoms with Crippen LogP contribution in [0.4, 0.5) is 5.95 Å². The molecule has 3 rings (SSSR count). The Kier molecular flexibility index (Phi) is 3.80. The number of hydrogen-bond donors (Lipinski definition) is 1. The van der Waals surface area contributed by atoms with Crippen molar-refractivity contribution in [3.63, 3.8) is 0 Å². The summed E-state index contributed by atoms with van der Waals surface area (Å²) in [4.78, 5) is 6.80. The fourth-order valence-electron chi connectivity index (χ4n) is 3.23. The number of likely N-dealkylation sites (N-methyl/N-ethyl adjacent to an activating group) is 1. The zero-order valence-electron chi connectivity index (χ0n) is 12.4. The molecule has 110 valence electrons. The van der Waals surface area contributed by atoms with Gasteiger partial charge in [-0.1, -0.05) is 12.8 Å². The van der Waals surface area contributed by atoms with Crippen molar-refractivity contribution in [1.82, 2.24) is 14.5 Å². The fourth-order valence-corrected chi connectivity index (χ4v) is 3.23. The van der Waals surface area contributed by atoms with Crippen LogP contribution in [-0.4, -0.2) is 34.1 Å². The van der Waals surface area contributed by atoms with Gasteiger partial charge in [0.15, 0.2) is 0 Å².